The second-order valence-electron chi connectivity index (χ2n) is 4.13. The Labute approximate surface area is 91.7 Å². The smallest absolute Gasteiger partial charge is 0.0662 e. The summed E-state index contributed by atoms with van der Waals surface area (Å²) < 4.78 is 11.1. The van der Waals surface area contributed by atoms with Crippen molar-refractivity contribution < 1.29 is 9.47 Å². The summed E-state index contributed by atoms with van der Waals surface area (Å²) in [6.45, 7) is 4.57. The molecule has 0 aromatic rings. The van der Waals surface area contributed by atoms with Gasteiger partial charge in [0, 0.05) is 31.3 Å². The van der Waals surface area contributed by atoms with Gasteiger partial charge in [0.1, 0.15) is 0 Å². The summed E-state index contributed by atoms with van der Waals surface area (Å²) in [5.74, 6) is 0. The van der Waals surface area contributed by atoms with E-state index in [1.165, 1.54) is 0 Å². The molecule has 0 unspecified atom stereocenters. The molecule has 3 nitrogen and oxygen atoms in total. The van der Waals surface area contributed by atoms with Crippen LogP contribution in [-0.4, -0.2) is 32.0 Å². The molecule has 0 aromatic heterocycles. The number of nitrogens with two attached hydrogens (primary N) is 1. The molecular weight excluding hydrogens is 202 g/mol. The van der Waals surface area contributed by atoms with Crippen molar-refractivity contribution in [3.8, 4) is 0 Å². The third kappa shape index (κ3) is 1.78. The highest BCUT2D eigenvalue weighted by atomic mass is 35.5. The number of hydrogen-bond donors (Lipinski definition) is 1. The molecule has 2 rings (SSSR count). The van der Waals surface area contributed by atoms with Gasteiger partial charge in [-0.15, -0.1) is 12.4 Å². The molecule has 1 spiro atoms. The zero-order valence-electron chi connectivity index (χ0n) is 8.70. The molecule has 1 aliphatic carbocycles. The van der Waals surface area contributed by atoms with E-state index >= 15 is 0 Å². The lowest BCUT2D eigenvalue weighted by molar-refractivity contribution is -0.164. The van der Waals surface area contributed by atoms with Gasteiger partial charge < -0.3 is 15.2 Å². The summed E-state index contributed by atoms with van der Waals surface area (Å²) in [4.78, 5) is 0. The van der Waals surface area contributed by atoms with E-state index in [9.17, 15) is 0 Å². The van der Waals surface area contributed by atoms with Gasteiger partial charge in [-0.2, -0.15) is 0 Å². The Hall–Kier alpha value is 0.170. The molecular formula is C10H20ClNO2. The quantitative estimate of drug-likeness (QED) is 0.766. The van der Waals surface area contributed by atoms with E-state index in [1.54, 1.807) is 0 Å². The zero-order valence-corrected chi connectivity index (χ0v) is 9.52. The van der Waals surface area contributed by atoms with Gasteiger partial charge in [-0.1, -0.05) is 0 Å². The standard InChI is InChI=1S/C10H19NO2.ClH/c1-2-13-9-7-8(11)10(9)3-5-12-6-4-10;/h8-9H,2-7,11H2,1H3;1H/t8-,9-;/m1./s1. The minimum atomic E-state index is 0. The molecule has 14 heavy (non-hydrogen) atoms. The van der Waals surface area contributed by atoms with E-state index in [0.29, 0.717) is 12.1 Å². The summed E-state index contributed by atoms with van der Waals surface area (Å²) in [5, 5.41) is 0. The summed E-state index contributed by atoms with van der Waals surface area (Å²) in [6.07, 6.45) is 3.60. The van der Waals surface area contributed by atoms with Crippen LogP contribution < -0.4 is 5.73 Å². The molecule has 1 heterocycles. The second-order valence-corrected chi connectivity index (χ2v) is 4.13. The Morgan fingerprint density at radius 1 is 1.43 bits per heavy atom. The van der Waals surface area contributed by atoms with Gasteiger partial charge in [-0.05, 0) is 26.2 Å². The SMILES string of the molecule is CCO[C@@H]1C[C@@H](N)C12CCOCC2.Cl. The van der Waals surface area contributed by atoms with E-state index in [0.717, 1.165) is 39.1 Å². The Bertz CT molecular complexity index is 181. The van der Waals surface area contributed by atoms with Gasteiger partial charge in [-0.3, -0.25) is 0 Å². The summed E-state index contributed by atoms with van der Waals surface area (Å²) >= 11 is 0. The minimum Gasteiger partial charge on any atom is -0.381 e. The van der Waals surface area contributed by atoms with E-state index in [1.807, 2.05) is 0 Å². The highest BCUT2D eigenvalue weighted by molar-refractivity contribution is 5.85. The molecule has 0 amide bonds. The van der Waals surface area contributed by atoms with E-state index in [4.69, 9.17) is 15.2 Å². The van der Waals surface area contributed by atoms with Crippen molar-refractivity contribution in [3.63, 3.8) is 0 Å². The first kappa shape index (κ1) is 12.2. The predicted molar refractivity (Wildman–Crippen MR) is 57.7 cm³/mol. The van der Waals surface area contributed by atoms with Crippen LogP contribution in [0.5, 0.6) is 0 Å². The van der Waals surface area contributed by atoms with Gasteiger partial charge in [0.25, 0.3) is 0 Å². The first-order valence-corrected chi connectivity index (χ1v) is 5.24. The molecule has 1 aliphatic heterocycles. The maximum Gasteiger partial charge on any atom is 0.0662 e. The fourth-order valence-electron chi connectivity index (χ4n) is 2.66. The molecule has 2 aliphatic rings. The van der Waals surface area contributed by atoms with Crippen LogP contribution in [0.25, 0.3) is 0 Å². The van der Waals surface area contributed by atoms with Crippen molar-refractivity contribution in [1.29, 1.82) is 0 Å². The van der Waals surface area contributed by atoms with Crippen LogP contribution in [0.15, 0.2) is 0 Å². The zero-order chi connectivity index (χ0) is 9.31. The first-order valence-electron chi connectivity index (χ1n) is 5.24. The van der Waals surface area contributed by atoms with Gasteiger partial charge in [0.05, 0.1) is 6.10 Å². The fraction of sp³-hybridized carbons (Fsp3) is 1.00. The van der Waals surface area contributed by atoms with Gasteiger partial charge >= 0.3 is 0 Å². The van der Waals surface area contributed by atoms with Crippen molar-refractivity contribution in [2.75, 3.05) is 19.8 Å². The number of halogens is 1. The molecule has 2 fully saturated rings. The third-order valence-corrected chi connectivity index (χ3v) is 3.64. The monoisotopic (exact) mass is 221 g/mol. The van der Waals surface area contributed by atoms with Crippen molar-refractivity contribution in [2.24, 2.45) is 11.1 Å². The number of hydrogen-bond acceptors (Lipinski definition) is 3. The average molecular weight is 222 g/mol. The molecule has 2 atom stereocenters. The lowest BCUT2D eigenvalue weighted by Crippen LogP contribution is -2.64. The first-order chi connectivity index (χ1) is 6.29. The van der Waals surface area contributed by atoms with Crippen LogP contribution in [0.1, 0.15) is 26.2 Å². The summed E-state index contributed by atoms with van der Waals surface area (Å²) in [7, 11) is 0. The van der Waals surface area contributed by atoms with E-state index in [-0.39, 0.29) is 17.8 Å². The normalized spacial score (nSPS) is 34.7. The molecule has 84 valence electrons. The van der Waals surface area contributed by atoms with E-state index in [2.05, 4.69) is 6.92 Å². The van der Waals surface area contributed by atoms with Crippen LogP contribution in [-0.2, 0) is 9.47 Å². The van der Waals surface area contributed by atoms with Crippen LogP contribution in [0.4, 0.5) is 0 Å². The van der Waals surface area contributed by atoms with Crippen LogP contribution in [0.2, 0.25) is 0 Å². The maximum absolute atomic E-state index is 6.07. The predicted octanol–water partition coefficient (Wildman–Crippen LogP) is 1.34. The highest BCUT2D eigenvalue weighted by Crippen LogP contribution is 2.49. The Kier molecular flexibility index (Phi) is 4.19. The van der Waals surface area contributed by atoms with Crippen molar-refractivity contribution >= 4 is 12.4 Å². The maximum atomic E-state index is 6.07. The molecule has 1 saturated carbocycles. The minimum absolute atomic E-state index is 0. The average Bonchev–Trinajstić information content (AvgIpc) is 2.19. The Morgan fingerprint density at radius 2 is 2.07 bits per heavy atom. The van der Waals surface area contributed by atoms with Crippen molar-refractivity contribution in [1.82, 2.24) is 0 Å². The second kappa shape index (κ2) is 4.79. The van der Waals surface area contributed by atoms with Gasteiger partial charge in [0.2, 0.25) is 0 Å². The van der Waals surface area contributed by atoms with Gasteiger partial charge in [0.15, 0.2) is 0 Å². The summed E-state index contributed by atoms with van der Waals surface area (Å²) in [5.41, 5.74) is 6.33. The summed E-state index contributed by atoms with van der Waals surface area (Å²) in [6, 6.07) is 0.341. The van der Waals surface area contributed by atoms with Gasteiger partial charge in [-0.25, -0.2) is 0 Å². The Morgan fingerprint density at radius 3 is 2.57 bits per heavy atom. The van der Waals surface area contributed by atoms with E-state index < -0.39 is 0 Å². The highest BCUT2D eigenvalue weighted by Gasteiger charge is 2.54. The fourth-order valence-corrected chi connectivity index (χ4v) is 2.66. The van der Waals surface area contributed by atoms with Crippen LogP contribution in [0, 0.1) is 5.41 Å². The third-order valence-electron chi connectivity index (χ3n) is 3.64. The molecule has 4 heteroatoms. The van der Waals surface area contributed by atoms with Crippen LogP contribution in [0.3, 0.4) is 0 Å². The molecule has 1 saturated heterocycles. The lowest BCUT2D eigenvalue weighted by Gasteiger charge is -2.55. The lowest BCUT2D eigenvalue weighted by atomic mass is 9.58. The molecule has 0 radical (unpaired) electrons. The van der Waals surface area contributed by atoms with Crippen LogP contribution >= 0.6 is 12.4 Å². The Balaban J connectivity index is 0.000000980. The van der Waals surface area contributed by atoms with Crippen molar-refractivity contribution in [2.45, 2.75) is 38.3 Å². The van der Waals surface area contributed by atoms with Crippen molar-refractivity contribution in [3.05, 3.63) is 0 Å². The molecule has 0 aromatic carbocycles. The largest absolute Gasteiger partial charge is 0.381 e. The number of rotatable bonds is 2. The molecule has 0 bridgehead atoms. The molecule has 2 N–H and O–H groups in total. The number of ether oxygens (including phenoxy) is 2. The topological polar surface area (TPSA) is 44.5 Å².